The van der Waals surface area contributed by atoms with Crippen LogP contribution in [0.15, 0.2) is 36.7 Å². The van der Waals surface area contributed by atoms with Gasteiger partial charge in [0.1, 0.15) is 0 Å². The van der Waals surface area contributed by atoms with Crippen LogP contribution in [0.5, 0.6) is 0 Å². The number of carbonyl (C=O) groups is 1. The molecule has 8 heteroatoms. The van der Waals surface area contributed by atoms with Gasteiger partial charge in [-0.2, -0.15) is 0 Å². The van der Waals surface area contributed by atoms with Gasteiger partial charge in [0.25, 0.3) is 0 Å². The van der Waals surface area contributed by atoms with Crippen molar-refractivity contribution in [3.05, 3.63) is 51.7 Å². The molecule has 0 saturated carbocycles. The number of piperazine rings is 1. The van der Waals surface area contributed by atoms with E-state index < -0.39 is 0 Å². The van der Waals surface area contributed by atoms with Gasteiger partial charge in [0.15, 0.2) is 0 Å². The van der Waals surface area contributed by atoms with Gasteiger partial charge in [-0.15, -0.1) is 0 Å². The van der Waals surface area contributed by atoms with E-state index in [2.05, 4.69) is 15.2 Å². The van der Waals surface area contributed by atoms with Crippen molar-refractivity contribution in [3.8, 4) is 0 Å². The molecule has 0 atom stereocenters. The maximum absolute atomic E-state index is 12.3. The van der Waals surface area contributed by atoms with Crippen molar-refractivity contribution in [2.24, 2.45) is 0 Å². The molecule has 2 heterocycles. The number of aromatic nitrogens is 1. The molecule has 0 spiro atoms. The normalized spacial score (nSPS) is 14.6. The summed E-state index contributed by atoms with van der Waals surface area (Å²) in [4.78, 5) is 20.1. The number of pyridine rings is 1. The van der Waals surface area contributed by atoms with Gasteiger partial charge >= 0.3 is 6.03 Å². The standard InChI is InChI=1S/C16H15Cl3N4O/c17-11-1-3-12(4-2-11)21-16(24)23-7-5-22(6-8-23)15-13(18)9-20-10-14(15)19/h1-4,9-10H,5-8H2,(H,21,24). The quantitative estimate of drug-likeness (QED) is 0.834. The summed E-state index contributed by atoms with van der Waals surface area (Å²) in [5.74, 6) is 0. The number of urea groups is 1. The molecule has 2 amide bonds. The fraction of sp³-hybridized carbons (Fsp3) is 0.250. The Morgan fingerprint density at radius 1 is 0.958 bits per heavy atom. The summed E-state index contributed by atoms with van der Waals surface area (Å²) in [6, 6.07) is 6.88. The highest BCUT2D eigenvalue weighted by molar-refractivity contribution is 6.38. The number of rotatable bonds is 2. The lowest BCUT2D eigenvalue weighted by Gasteiger charge is -2.36. The molecule has 3 rings (SSSR count). The molecule has 1 N–H and O–H groups in total. The van der Waals surface area contributed by atoms with Gasteiger partial charge in [-0.05, 0) is 24.3 Å². The molecule has 1 aromatic carbocycles. The van der Waals surface area contributed by atoms with E-state index in [-0.39, 0.29) is 6.03 Å². The number of halogens is 3. The van der Waals surface area contributed by atoms with Gasteiger partial charge in [0.2, 0.25) is 0 Å². The van der Waals surface area contributed by atoms with Crippen LogP contribution in [-0.4, -0.2) is 42.1 Å². The number of benzene rings is 1. The highest BCUT2D eigenvalue weighted by Gasteiger charge is 2.24. The van der Waals surface area contributed by atoms with E-state index in [1.807, 2.05) is 0 Å². The number of anilines is 2. The molecule has 0 radical (unpaired) electrons. The zero-order valence-corrected chi connectivity index (χ0v) is 14.9. The fourth-order valence-electron chi connectivity index (χ4n) is 2.58. The Bertz CT molecular complexity index is 710. The Labute approximate surface area is 155 Å². The lowest BCUT2D eigenvalue weighted by molar-refractivity contribution is 0.208. The third-order valence-corrected chi connectivity index (χ3v) is 4.61. The average Bonchev–Trinajstić information content (AvgIpc) is 2.57. The summed E-state index contributed by atoms with van der Waals surface area (Å²) in [5, 5.41) is 4.53. The van der Waals surface area contributed by atoms with Crippen LogP contribution in [0, 0.1) is 0 Å². The maximum Gasteiger partial charge on any atom is 0.321 e. The van der Waals surface area contributed by atoms with Crippen molar-refractivity contribution >= 4 is 52.2 Å². The minimum atomic E-state index is -0.135. The van der Waals surface area contributed by atoms with Crippen LogP contribution in [0.2, 0.25) is 15.1 Å². The van der Waals surface area contributed by atoms with Crippen LogP contribution < -0.4 is 10.2 Å². The van der Waals surface area contributed by atoms with Gasteiger partial charge in [0, 0.05) is 49.3 Å². The Morgan fingerprint density at radius 3 is 2.12 bits per heavy atom. The predicted molar refractivity (Wildman–Crippen MR) is 98.5 cm³/mol. The van der Waals surface area contributed by atoms with E-state index in [0.717, 1.165) is 5.69 Å². The SMILES string of the molecule is O=C(Nc1ccc(Cl)cc1)N1CCN(c2c(Cl)cncc2Cl)CC1. The maximum atomic E-state index is 12.3. The third-order valence-electron chi connectivity index (χ3n) is 3.81. The molecule has 1 aliphatic rings. The highest BCUT2D eigenvalue weighted by Crippen LogP contribution is 2.33. The molecular weight excluding hydrogens is 371 g/mol. The fourth-order valence-corrected chi connectivity index (χ4v) is 3.31. The number of carbonyl (C=O) groups excluding carboxylic acids is 1. The highest BCUT2D eigenvalue weighted by atomic mass is 35.5. The largest absolute Gasteiger partial charge is 0.365 e. The first-order valence-electron chi connectivity index (χ1n) is 7.40. The number of amides is 2. The summed E-state index contributed by atoms with van der Waals surface area (Å²) < 4.78 is 0. The van der Waals surface area contributed by atoms with Crippen molar-refractivity contribution in [1.82, 2.24) is 9.88 Å². The number of hydrogen-bond donors (Lipinski definition) is 1. The first kappa shape index (κ1) is 17.1. The number of nitrogens with zero attached hydrogens (tertiary/aromatic N) is 3. The van der Waals surface area contributed by atoms with Gasteiger partial charge in [0.05, 0.1) is 15.7 Å². The third kappa shape index (κ3) is 3.86. The molecule has 126 valence electrons. The van der Waals surface area contributed by atoms with Crippen LogP contribution in [0.4, 0.5) is 16.2 Å². The van der Waals surface area contributed by atoms with Crippen molar-refractivity contribution in [3.63, 3.8) is 0 Å². The molecule has 0 bridgehead atoms. The first-order chi connectivity index (χ1) is 11.5. The zero-order valence-electron chi connectivity index (χ0n) is 12.7. The van der Waals surface area contributed by atoms with Crippen LogP contribution in [0.3, 0.4) is 0 Å². The van der Waals surface area contributed by atoms with Crippen molar-refractivity contribution in [2.75, 3.05) is 36.4 Å². The molecule has 24 heavy (non-hydrogen) atoms. The first-order valence-corrected chi connectivity index (χ1v) is 8.53. The number of nitrogens with one attached hydrogen (secondary N) is 1. The Morgan fingerprint density at radius 2 is 1.54 bits per heavy atom. The van der Waals surface area contributed by atoms with E-state index in [1.54, 1.807) is 41.6 Å². The lowest BCUT2D eigenvalue weighted by Crippen LogP contribution is -2.50. The second-order valence-electron chi connectivity index (χ2n) is 5.36. The summed E-state index contributed by atoms with van der Waals surface area (Å²) in [7, 11) is 0. The zero-order chi connectivity index (χ0) is 17.1. The summed E-state index contributed by atoms with van der Waals surface area (Å²) >= 11 is 18.2. The van der Waals surface area contributed by atoms with E-state index in [0.29, 0.717) is 46.9 Å². The minimum absolute atomic E-state index is 0.135. The molecule has 1 aromatic heterocycles. The topological polar surface area (TPSA) is 48.5 Å². The molecule has 5 nitrogen and oxygen atoms in total. The summed E-state index contributed by atoms with van der Waals surface area (Å²) in [5.41, 5.74) is 1.48. The number of hydrogen-bond acceptors (Lipinski definition) is 3. The molecule has 1 saturated heterocycles. The lowest BCUT2D eigenvalue weighted by atomic mass is 10.2. The smallest absolute Gasteiger partial charge is 0.321 e. The summed E-state index contributed by atoms with van der Waals surface area (Å²) in [6.45, 7) is 2.46. The van der Waals surface area contributed by atoms with Crippen LogP contribution in [0.1, 0.15) is 0 Å². The van der Waals surface area contributed by atoms with Crippen LogP contribution in [-0.2, 0) is 0 Å². The Kier molecular flexibility index (Phi) is 5.33. The van der Waals surface area contributed by atoms with E-state index in [9.17, 15) is 4.79 Å². The van der Waals surface area contributed by atoms with Crippen molar-refractivity contribution in [2.45, 2.75) is 0 Å². The Balaban J connectivity index is 1.60. The van der Waals surface area contributed by atoms with Gasteiger partial charge < -0.3 is 15.1 Å². The van der Waals surface area contributed by atoms with Crippen molar-refractivity contribution in [1.29, 1.82) is 0 Å². The van der Waals surface area contributed by atoms with Gasteiger partial charge in [-0.25, -0.2) is 4.79 Å². The van der Waals surface area contributed by atoms with Crippen LogP contribution >= 0.6 is 34.8 Å². The Hall–Kier alpha value is -1.69. The second-order valence-corrected chi connectivity index (χ2v) is 6.61. The second kappa shape index (κ2) is 7.47. The van der Waals surface area contributed by atoms with Gasteiger partial charge in [-0.3, -0.25) is 4.98 Å². The molecule has 0 aliphatic carbocycles. The van der Waals surface area contributed by atoms with E-state index in [1.165, 1.54) is 0 Å². The monoisotopic (exact) mass is 384 g/mol. The van der Waals surface area contributed by atoms with E-state index in [4.69, 9.17) is 34.8 Å². The molecule has 1 aliphatic heterocycles. The molecule has 2 aromatic rings. The minimum Gasteiger partial charge on any atom is -0.365 e. The van der Waals surface area contributed by atoms with Crippen LogP contribution in [0.25, 0.3) is 0 Å². The van der Waals surface area contributed by atoms with Crippen molar-refractivity contribution < 1.29 is 4.79 Å². The molecule has 1 fully saturated rings. The molecule has 0 unspecified atom stereocenters. The van der Waals surface area contributed by atoms with Gasteiger partial charge in [-0.1, -0.05) is 34.8 Å². The average molecular weight is 386 g/mol. The predicted octanol–water partition coefficient (Wildman–Crippen LogP) is 4.40. The summed E-state index contributed by atoms with van der Waals surface area (Å²) in [6.07, 6.45) is 3.14. The molecular formula is C16H15Cl3N4O. The van der Waals surface area contributed by atoms with E-state index >= 15 is 0 Å².